The maximum Gasteiger partial charge on any atom is 0.303 e. The summed E-state index contributed by atoms with van der Waals surface area (Å²) in [5.74, 6) is 0.390. The van der Waals surface area contributed by atoms with Crippen LogP contribution in [0.2, 0.25) is 0 Å². The zero-order valence-corrected chi connectivity index (χ0v) is 32.3. The number of esters is 1. The highest BCUT2D eigenvalue weighted by Gasteiger charge is 2.39. The van der Waals surface area contributed by atoms with Gasteiger partial charge >= 0.3 is 5.97 Å². The van der Waals surface area contributed by atoms with Crippen molar-refractivity contribution in [3.63, 3.8) is 0 Å². The zero-order chi connectivity index (χ0) is 39.0. The lowest BCUT2D eigenvalue weighted by Crippen LogP contribution is -2.38. The molecule has 286 valence electrons. The Labute approximate surface area is 331 Å². The van der Waals surface area contributed by atoms with E-state index in [0.29, 0.717) is 11.0 Å². The SMILES string of the molecule is CC(=O)O[C@@H](C)C(=O)NCc1cccc(-c2cccc([C@H]3O[C@@H](CSc4nc(-c5ccccc5)c(-c5ccccc5)o4)[C@@H](C)[C@@H](c4ccc(CO)cc4)O3)c2)c1. The van der Waals surface area contributed by atoms with Crippen molar-refractivity contribution in [2.45, 2.75) is 63.7 Å². The molecule has 56 heavy (non-hydrogen) atoms. The van der Waals surface area contributed by atoms with Crippen molar-refractivity contribution in [2.24, 2.45) is 5.92 Å². The van der Waals surface area contributed by atoms with Crippen LogP contribution >= 0.6 is 11.8 Å². The fraction of sp³-hybridized carbons (Fsp3) is 0.239. The number of carbonyl (C=O) groups is 2. The Morgan fingerprint density at radius 3 is 2.14 bits per heavy atom. The third-order valence-corrected chi connectivity index (χ3v) is 10.7. The van der Waals surface area contributed by atoms with Crippen LogP contribution in [0.1, 0.15) is 55.4 Å². The summed E-state index contributed by atoms with van der Waals surface area (Å²) in [6, 6.07) is 44.0. The van der Waals surface area contributed by atoms with E-state index in [4.69, 9.17) is 23.6 Å². The number of oxazole rings is 1. The van der Waals surface area contributed by atoms with Crippen molar-refractivity contribution in [1.29, 1.82) is 0 Å². The van der Waals surface area contributed by atoms with Crippen LogP contribution in [0.5, 0.6) is 0 Å². The minimum atomic E-state index is -0.877. The lowest BCUT2D eigenvalue weighted by Gasteiger charge is -2.41. The second-order valence-corrected chi connectivity index (χ2v) is 14.8. The predicted octanol–water partition coefficient (Wildman–Crippen LogP) is 9.32. The van der Waals surface area contributed by atoms with Crippen LogP contribution in [0.25, 0.3) is 33.7 Å². The van der Waals surface area contributed by atoms with E-state index in [1.54, 1.807) is 6.92 Å². The second-order valence-electron chi connectivity index (χ2n) is 13.8. The molecule has 2 N–H and O–H groups in total. The number of nitrogens with one attached hydrogen (secondary N) is 1. The predicted molar refractivity (Wildman–Crippen MR) is 216 cm³/mol. The molecule has 0 radical (unpaired) electrons. The standard InChI is InChI=1S/C46H44N2O7S/c1-29-40(28-56-46-48-41(34-13-6-4-7-14-34)43(55-46)35-15-8-5-9-16-35)53-45(54-42(29)36-22-20-32(27-49)21-23-36)39-19-11-18-38(25-39)37-17-10-12-33(24-37)26-47-44(51)30(2)52-31(3)50/h4-25,29-30,40,42,45,49H,26-28H2,1-3H3,(H,47,51)/t29-,30+,40+,42+,45+/m1/s1. The van der Waals surface area contributed by atoms with Crippen LogP contribution in [0.3, 0.4) is 0 Å². The number of nitrogens with zero attached hydrogens (tertiary/aromatic N) is 1. The summed E-state index contributed by atoms with van der Waals surface area (Å²) in [5, 5.41) is 13.1. The molecule has 1 aromatic heterocycles. The number of thioether (sulfide) groups is 1. The van der Waals surface area contributed by atoms with Gasteiger partial charge in [-0.05, 0) is 46.9 Å². The molecule has 7 rings (SSSR count). The molecule has 2 heterocycles. The maximum absolute atomic E-state index is 12.5. The quantitative estimate of drug-likeness (QED) is 0.0875. The van der Waals surface area contributed by atoms with E-state index in [2.05, 4.69) is 18.3 Å². The van der Waals surface area contributed by atoms with Gasteiger partial charge in [-0.15, -0.1) is 0 Å². The van der Waals surface area contributed by atoms with Gasteiger partial charge in [-0.3, -0.25) is 9.59 Å². The van der Waals surface area contributed by atoms with Crippen molar-refractivity contribution >= 4 is 23.6 Å². The van der Waals surface area contributed by atoms with E-state index >= 15 is 0 Å². The molecule has 5 aromatic carbocycles. The Morgan fingerprint density at radius 2 is 1.45 bits per heavy atom. The third kappa shape index (κ3) is 9.29. The van der Waals surface area contributed by atoms with Crippen molar-refractivity contribution in [2.75, 3.05) is 5.75 Å². The summed E-state index contributed by atoms with van der Waals surface area (Å²) in [7, 11) is 0. The summed E-state index contributed by atoms with van der Waals surface area (Å²) in [6.45, 7) is 5.21. The van der Waals surface area contributed by atoms with E-state index in [1.807, 2.05) is 127 Å². The zero-order valence-electron chi connectivity index (χ0n) is 31.5. The second kappa shape index (κ2) is 18.0. The number of rotatable bonds is 13. The molecule has 1 saturated heterocycles. The monoisotopic (exact) mass is 768 g/mol. The average molecular weight is 769 g/mol. The molecule has 1 aliphatic heterocycles. The Hall–Kier alpha value is -5.52. The van der Waals surface area contributed by atoms with Gasteiger partial charge in [0.25, 0.3) is 11.1 Å². The minimum absolute atomic E-state index is 0.0329. The van der Waals surface area contributed by atoms with Gasteiger partial charge in [0.2, 0.25) is 0 Å². The van der Waals surface area contributed by atoms with Gasteiger partial charge in [-0.2, -0.15) is 0 Å². The first-order valence-corrected chi connectivity index (χ1v) is 19.6. The van der Waals surface area contributed by atoms with Gasteiger partial charge in [0, 0.05) is 41.8 Å². The molecular weight excluding hydrogens is 725 g/mol. The number of aromatic nitrogens is 1. The molecule has 9 nitrogen and oxygen atoms in total. The molecule has 10 heteroatoms. The van der Waals surface area contributed by atoms with E-state index < -0.39 is 18.4 Å². The number of aliphatic hydroxyl groups excluding tert-OH is 1. The van der Waals surface area contributed by atoms with Crippen LogP contribution in [0.4, 0.5) is 0 Å². The number of aliphatic hydroxyl groups is 1. The first-order valence-electron chi connectivity index (χ1n) is 18.6. The van der Waals surface area contributed by atoms with Gasteiger partial charge in [-0.1, -0.05) is 140 Å². The minimum Gasteiger partial charge on any atom is -0.453 e. The van der Waals surface area contributed by atoms with Crippen molar-refractivity contribution in [3.05, 3.63) is 156 Å². The molecule has 0 bridgehead atoms. The van der Waals surface area contributed by atoms with E-state index in [1.165, 1.54) is 18.7 Å². The normalized spacial score (nSPS) is 18.6. The third-order valence-electron chi connectivity index (χ3n) is 9.78. The van der Waals surface area contributed by atoms with Gasteiger partial charge in [0.1, 0.15) is 5.69 Å². The molecule has 0 saturated carbocycles. The summed E-state index contributed by atoms with van der Waals surface area (Å²) < 4.78 is 25.0. The van der Waals surface area contributed by atoms with E-state index in [9.17, 15) is 14.7 Å². The average Bonchev–Trinajstić information content (AvgIpc) is 3.67. The van der Waals surface area contributed by atoms with Crippen LogP contribution in [-0.2, 0) is 37.0 Å². The summed E-state index contributed by atoms with van der Waals surface area (Å²) in [4.78, 5) is 28.7. The Kier molecular flexibility index (Phi) is 12.4. The lowest BCUT2D eigenvalue weighted by atomic mass is 9.91. The van der Waals surface area contributed by atoms with Gasteiger partial charge in [0.05, 0.1) is 18.8 Å². The number of amides is 1. The van der Waals surface area contributed by atoms with Crippen LogP contribution in [0, 0.1) is 5.92 Å². The summed E-state index contributed by atoms with van der Waals surface area (Å²) in [5.41, 5.74) is 8.25. The highest BCUT2D eigenvalue weighted by atomic mass is 32.2. The highest BCUT2D eigenvalue weighted by molar-refractivity contribution is 7.99. The Bertz CT molecular complexity index is 2190. The summed E-state index contributed by atoms with van der Waals surface area (Å²) in [6.07, 6.45) is -2.08. The molecular formula is C46H44N2O7S. The lowest BCUT2D eigenvalue weighted by molar-refractivity contribution is -0.268. The molecule has 0 unspecified atom stereocenters. The summed E-state index contributed by atoms with van der Waals surface area (Å²) >= 11 is 1.52. The molecule has 1 aliphatic rings. The van der Waals surface area contributed by atoms with Gasteiger partial charge in [0.15, 0.2) is 18.2 Å². The fourth-order valence-corrected chi connectivity index (χ4v) is 7.75. The van der Waals surface area contributed by atoms with Crippen LogP contribution in [0.15, 0.2) is 143 Å². The molecule has 5 atom stereocenters. The number of hydrogen-bond acceptors (Lipinski definition) is 9. The van der Waals surface area contributed by atoms with Crippen LogP contribution < -0.4 is 5.32 Å². The van der Waals surface area contributed by atoms with Gasteiger partial charge < -0.3 is 29.1 Å². The Balaban J connectivity index is 1.13. The molecule has 0 spiro atoms. The smallest absolute Gasteiger partial charge is 0.303 e. The molecule has 6 aromatic rings. The number of ether oxygens (including phenoxy) is 3. The Morgan fingerprint density at radius 1 is 0.786 bits per heavy atom. The molecule has 1 fully saturated rings. The number of carbonyl (C=O) groups excluding carboxylic acids is 2. The van der Waals surface area contributed by atoms with Gasteiger partial charge in [-0.25, -0.2) is 4.98 Å². The highest BCUT2D eigenvalue weighted by Crippen LogP contribution is 2.44. The van der Waals surface area contributed by atoms with Crippen molar-refractivity contribution in [3.8, 4) is 33.7 Å². The van der Waals surface area contributed by atoms with Crippen molar-refractivity contribution < 1.29 is 33.3 Å². The number of benzene rings is 5. The topological polar surface area (TPSA) is 120 Å². The fourth-order valence-electron chi connectivity index (χ4n) is 6.76. The van der Waals surface area contributed by atoms with Crippen LogP contribution in [-0.4, -0.2) is 39.9 Å². The van der Waals surface area contributed by atoms with E-state index in [-0.39, 0.29) is 37.2 Å². The largest absolute Gasteiger partial charge is 0.453 e. The van der Waals surface area contributed by atoms with Crippen molar-refractivity contribution in [1.82, 2.24) is 10.3 Å². The molecule has 1 amide bonds. The first kappa shape index (κ1) is 38.7. The van der Waals surface area contributed by atoms with E-state index in [0.717, 1.165) is 56.0 Å². The molecule has 0 aliphatic carbocycles. The first-order chi connectivity index (χ1) is 27.2. The number of hydrogen-bond donors (Lipinski definition) is 2. The maximum atomic E-state index is 12.5.